The van der Waals surface area contributed by atoms with Crippen LogP contribution in [0, 0.1) is 6.92 Å². The zero-order chi connectivity index (χ0) is 15.7. The number of aldehydes is 1. The molecule has 0 aliphatic carbocycles. The van der Waals surface area contributed by atoms with Crippen molar-refractivity contribution in [3.05, 3.63) is 53.9 Å². The molecule has 4 heteroatoms. The molecular formula is C18H18N2O2. The molecule has 0 radical (unpaired) electrons. The van der Waals surface area contributed by atoms with E-state index in [1.54, 1.807) is 0 Å². The number of ether oxygens (including phenoxy) is 1. The van der Waals surface area contributed by atoms with E-state index in [1.165, 1.54) is 0 Å². The molecule has 0 N–H and O–H groups in total. The summed E-state index contributed by atoms with van der Waals surface area (Å²) in [5, 5.41) is 0. The topological polar surface area (TPSA) is 43.6 Å². The summed E-state index contributed by atoms with van der Waals surface area (Å²) in [6, 6.07) is 13.5. The molecule has 2 aromatic heterocycles. The predicted molar refractivity (Wildman–Crippen MR) is 86.5 cm³/mol. The van der Waals surface area contributed by atoms with E-state index >= 15 is 0 Å². The second kappa shape index (κ2) is 5.64. The molecule has 1 aromatic carbocycles. The minimum absolute atomic E-state index is 0.134. The SMILES string of the molecule is Cc1cccc2nc(-c3ccc(OC(C)C)cc3)c(C=O)n12. The van der Waals surface area contributed by atoms with Crippen molar-refractivity contribution >= 4 is 11.9 Å². The molecule has 0 saturated carbocycles. The molecular weight excluding hydrogens is 276 g/mol. The number of pyridine rings is 1. The summed E-state index contributed by atoms with van der Waals surface area (Å²) in [5.74, 6) is 0.811. The number of aromatic nitrogens is 2. The molecule has 2 heterocycles. The lowest BCUT2D eigenvalue weighted by Gasteiger charge is -2.09. The van der Waals surface area contributed by atoms with Crippen LogP contribution < -0.4 is 4.74 Å². The largest absolute Gasteiger partial charge is 0.491 e. The third-order valence-corrected chi connectivity index (χ3v) is 3.49. The van der Waals surface area contributed by atoms with Crippen LogP contribution in [0.25, 0.3) is 16.9 Å². The van der Waals surface area contributed by atoms with Crippen LogP contribution in [0.15, 0.2) is 42.5 Å². The van der Waals surface area contributed by atoms with Gasteiger partial charge in [-0.15, -0.1) is 0 Å². The van der Waals surface area contributed by atoms with Crippen molar-refractivity contribution in [3.8, 4) is 17.0 Å². The number of benzene rings is 1. The molecule has 0 atom stereocenters. The Morgan fingerprint density at radius 3 is 2.50 bits per heavy atom. The zero-order valence-corrected chi connectivity index (χ0v) is 12.9. The van der Waals surface area contributed by atoms with Crippen molar-refractivity contribution in [2.45, 2.75) is 26.9 Å². The van der Waals surface area contributed by atoms with Crippen molar-refractivity contribution in [2.75, 3.05) is 0 Å². The molecule has 4 nitrogen and oxygen atoms in total. The van der Waals surface area contributed by atoms with E-state index < -0.39 is 0 Å². The summed E-state index contributed by atoms with van der Waals surface area (Å²) in [6.45, 7) is 5.94. The van der Waals surface area contributed by atoms with Gasteiger partial charge in [0.05, 0.1) is 6.10 Å². The van der Waals surface area contributed by atoms with Crippen LogP contribution in [0.1, 0.15) is 30.0 Å². The number of fused-ring (bicyclic) bond motifs is 1. The molecule has 3 aromatic rings. The van der Waals surface area contributed by atoms with E-state index in [4.69, 9.17) is 4.74 Å². The first-order valence-corrected chi connectivity index (χ1v) is 7.30. The molecule has 112 valence electrons. The minimum atomic E-state index is 0.134. The summed E-state index contributed by atoms with van der Waals surface area (Å²) in [5.41, 5.74) is 3.94. The Kier molecular flexibility index (Phi) is 3.67. The van der Waals surface area contributed by atoms with Gasteiger partial charge in [-0.3, -0.25) is 9.20 Å². The molecule has 0 saturated heterocycles. The van der Waals surface area contributed by atoms with Crippen LogP contribution in [0.5, 0.6) is 5.75 Å². The highest BCUT2D eigenvalue weighted by molar-refractivity contribution is 5.86. The number of hydrogen-bond acceptors (Lipinski definition) is 3. The summed E-state index contributed by atoms with van der Waals surface area (Å²) in [7, 11) is 0. The van der Waals surface area contributed by atoms with Crippen molar-refractivity contribution < 1.29 is 9.53 Å². The van der Waals surface area contributed by atoms with Crippen molar-refractivity contribution in [1.29, 1.82) is 0 Å². The van der Waals surface area contributed by atoms with Crippen LogP contribution in [0.2, 0.25) is 0 Å². The fourth-order valence-electron chi connectivity index (χ4n) is 2.57. The smallest absolute Gasteiger partial charge is 0.169 e. The lowest BCUT2D eigenvalue weighted by atomic mass is 10.1. The number of rotatable bonds is 4. The first kappa shape index (κ1) is 14.3. The van der Waals surface area contributed by atoms with Crippen molar-refractivity contribution in [2.24, 2.45) is 0 Å². The van der Waals surface area contributed by atoms with Crippen molar-refractivity contribution in [3.63, 3.8) is 0 Å². The Hall–Kier alpha value is -2.62. The minimum Gasteiger partial charge on any atom is -0.491 e. The van der Waals surface area contributed by atoms with E-state index in [9.17, 15) is 4.79 Å². The van der Waals surface area contributed by atoms with Gasteiger partial charge in [0.1, 0.15) is 22.8 Å². The van der Waals surface area contributed by atoms with Crippen LogP contribution in [0.4, 0.5) is 0 Å². The average Bonchev–Trinajstić information content (AvgIpc) is 2.87. The summed E-state index contributed by atoms with van der Waals surface area (Å²) >= 11 is 0. The number of imidazole rings is 1. The maximum atomic E-state index is 11.6. The quantitative estimate of drug-likeness (QED) is 0.685. The van der Waals surface area contributed by atoms with Gasteiger partial charge in [0.2, 0.25) is 0 Å². The summed E-state index contributed by atoms with van der Waals surface area (Å²) < 4.78 is 7.52. The Morgan fingerprint density at radius 1 is 1.14 bits per heavy atom. The standard InChI is InChI=1S/C18H18N2O2/c1-12(2)22-15-9-7-14(8-10-15)18-16(11-21)20-13(3)5-4-6-17(20)19-18/h4-12H,1-3H3. The third-order valence-electron chi connectivity index (χ3n) is 3.49. The normalized spacial score (nSPS) is 11.1. The third kappa shape index (κ3) is 2.48. The van der Waals surface area contributed by atoms with E-state index in [2.05, 4.69) is 4.98 Å². The van der Waals surface area contributed by atoms with Crippen LogP contribution >= 0.6 is 0 Å². The first-order valence-electron chi connectivity index (χ1n) is 7.30. The maximum Gasteiger partial charge on any atom is 0.169 e. The van der Waals surface area contributed by atoms with Crippen LogP contribution in [-0.2, 0) is 0 Å². The first-order chi connectivity index (χ1) is 10.6. The molecule has 0 aliphatic rings. The molecule has 0 bridgehead atoms. The lowest BCUT2D eigenvalue weighted by molar-refractivity contribution is 0.111. The van der Waals surface area contributed by atoms with E-state index in [-0.39, 0.29) is 6.10 Å². The van der Waals surface area contributed by atoms with E-state index in [0.29, 0.717) is 11.4 Å². The van der Waals surface area contributed by atoms with Gasteiger partial charge in [0, 0.05) is 11.3 Å². The van der Waals surface area contributed by atoms with Gasteiger partial charge in [-0.05, 0) is 57.2 Å². The molecule has 0 unspecified atom stereocenters. The van der Waals surface area contributed by atoms with Gasteiger partial charge in [-0.25, -0.2) is 4.98 Å². The van der Waals surface area contributed by atoms with Gasteiger partial charge in [0.25, 0.3) is 0 Å². The van der Waals surface area contributed by atoms with Crippen molar-refractivity contribution in [1.82, 2.24) is 9.38 Å². The number of carbonyl (C=O) groups excluding carboxylic acids is 1. The molecule has 3 rings (SSSR count). The van der Waals surface area contributed by atoms with Gasteiger partial charge in [-0.1, -0.05) is 6.07 Å². The number of aryl methyl sites for hydroxylation is 1. The summed E-state index contributed by atoms with van der Waals surface area (Å²) in [6.07, 6.45) is 0.996. The van der Waals surface area contributed by atoms with E-state index in [0.717, 1.165) is 28.9 Å². The Labute approximate surface area is 129 Å². The molecule has 22 heavy (non-hydrogen) atoms. The zero-order valence-electron chi connectivity index (χ0n) is 12.9. The van der Waals surface area contributed by atoms with Gasteiger partial charge >= 0.3 is 0 Å². The summed E-state index contributed by atoms with van der Waals surface area (Å²) in [4.78, 5) is 16.2. The molecule has 0 spiro atoms. The van der Waals surface area contributed by atoms with Crippen LogP contribution in [0.3, 0.4) is 0 Å². The highest BCUT2D eigenvalue weighted by atomic mass is 16.5. The number of hydrogen-bond donors (Lipinski definition) is 0. The second-order valence-electron chi connectivity index (χ2n) is 5.52. The molecule has 0 aliphatic heterocycles. The second-order valence-corrected chi connectivity index (χ2v) is 5.52. The maximum absolute atomic E-state index is 11.6. The Bertz CT molecular complexity index is 817. The Morgan fingerprint density at radius 2 is 1.86 bits per heavy atom. The monoisotopic (exact) mass is 294 g/mol. The van der Waals surface area contributed by atoms with Gasteiger partial charge in [0.15, 0.2) is 6.29 Å². The van der Waals surface area contributed by atoms with Gasteiger partial charge in [-0.2, -0.15) is 0 Å². The molecule has 0 fully saturated rings. The number of carbonyl (C=O) groups is 1. The fourth-order valence-corrected chi connectivity index (χ4v) is 2.57. The number of nitrogens with zero attached hydrogens (tertiary/aromatic N) is 2. The van der Waals surface area contributed by atoms with Gasteiger partial charge < -0.3 is 4.74 Å². The lowest BCUT2D eigenvalue weighted by Crippen LogP contribution is -2.05. The molecule has 0 amide bonds. The predicted octanol–water partition coefficient (Wildman–Crippen LogP) is 3.91. The van der Waals surface area contributed by atoms with E-state index in [1.807, 2.05) is 67.6 Å². The highest BCUT2D eigenvalue weighted by Crippen LogP contribution is 2.26. The highest BCUT2D eigenvalue weighted by Gasteiger charge is 2.14. The van der Waals surface area contributed by atoms with Crippen LogP contribution in [-0.4, -0.2) is 21.8 Å². The Balaban J connectivity index is 2.10. The fraction of sp³-hybridized carbons (Fsp3) is 0.222. The average molecular weight is 294 g/mol.